The summed E-state index contributed by atoms with van der Waals surface area (Å²) in [5.41, 5.74) is 5.00. The highest BCUT2D eigenvalue weighted by atomic mass is 35.5. The fourth-order valence-electron chi connectivity index (χ4n) is 5.72. The minimum absolute atomic E-state index is 0.0762. The Labute approximate surface area is 222 Å². The van der Waals surface area contributed by atoms with Gasteiger partial charge in [0.15, 0.2) is 0 Å². The molecule has 0 atom stereocenters. The van der Waals surface area contributed by atoms with Gasteiger partial charge in [0.2, 0.25) is 0 Å². The lowest BCUT2D eigenvalue weighted by molar-refractivity contribution is -0.0640. The van der Waals surface area contributed by atoms with Crippen molar-refractivity contribution in [3.05, 3.63) is 70.1 Å². The molecule has 0 saturated heterocycles. The van der Waals surface area contributed by atoms with E-state index in [1.807, 2.05) is 42.1 Å². The standard InChI is InChI=1S/C30H34ClN3O3/c1-18(2)34-26-15-22(10-9-21(26)16-32-34)30(35)13-11-23(12-14-30)36-17-24-28(33-37-29(24)20-7-8-20)27-19(3)5-4-6-25(27)31/h4-6,9-10,15-16,18,20,23,35H,7-8,11-14,17H2,1-3H3/t23-,30+. The lowest BCUT2D eigenvalue weighted by atomic mass is 9.78. The van der Waals surface area contributed by atoms with Gasteiger partial charge in [0, 0.05) is 28.5 Å². The Bertz CT molecular complexity index is 1410. The lowest BCUT2D eigenvalue weighted by Crippen LogP contribution is -2.34. The average molecular weight is 520 g/mol. The molecular weight excluding hydrogens is 486 g/mol. The van der Waals surface area contributed by atoms with Gasteiger partial charge >= 0.3 is 0 Å². The highest BCUT2D eigenvalue weighted by Gasteiger charge is 2.37. The number of hydrogen-bond acceptors (Lipinski definition) is 5. The molecule has 0 spiro atoms. The number of halogens is 1. The van der Waals surface area contributed by atoms with Gasteiger partial charge < -0.3 is 14.4 Å². The molecule has 6 nitrogen and oxygen atoms in total. The van der Waals surface area contributed by atoms with Crippen LogP contribution in [0, 0.1) is 6.92 Å². The number of nitrogens with zero attached hydrogens (tertiary/aromatic N) is 3. The largest absolute Gasteiger partial charge is 0.385 e. The van der Waals surface area contributed by atoms with Crippen LogP contribution in [0.2, 0.25) is 5.02 Å². The molecule has 0 radical (unpaired) electrons. The van der Waals surface area contributed by atoms with Gasteiger partial charge in [-0.25, -0.2) is 0 Å². The van der Waals surface area contributed by atoms with Crippen LogP contribution in [0.15, 0.2) is 47.1 Å². The summed E-state index contributed by atoms with van der Waals surface area (Å²) in [6, 6.07) is 12.4. The number of aliphatic hydroxyl groups is 1. The first-order chi connectivity index (χ1) is 17.8. The van der Waals surface area contributed by atoms with E-state index in [4.69, 9.17) is 20.9 Å². The molecule has 7 heteroatoms. The third-order valence-corrected chi connectivity index (χ3v) is 8.39. The fourth-order valence-corrected chi connectivity index (χ4v) is 6.03. The van der Waals surface area contributed by atoms with Crippen LogP contribution in [0.3, 0.4) is 0 Å². The van der Waals surface area contributed by atoms with E-state index >= 15 is 0 Å². The second-order valence-corrected chi connectivity index (χ2v) is 11.5. The normalized spacial score (nSPS) is 22.3. The maximum absolute atomic E-state index is 11.6. The Hall–Kier alpha value is -2.67. The highest BCUT2D eigenvalue weighted by Crippen LogP contribution is 2.46. The smallest absolute Gasteiger partial charge is 0.145 e. The van der Waals surface area contributed by atoms with Gasteiger partial charge in [-0.2, -0.15) is 5.10 Å². The first-order valence-corrected chi connectivity index (χ1v) is 13.8. The first kappa shape index (κ1) is 24.7. The van der Waals surface area contributed by atoms with E-state index in [0.29, 0.717) is 30.4 Å². The van der Waals surface area contributed by atoms with Crippen LogP contribution in [-0.2, 0) is 16.9 Å². The molecule has 4 aromatic rings. The quantitative estimate of drug-likeness (QED) is 0.274. The van der Waals surface area contributed by atoms with Crippen LogP contribution in [0.5, 0.6) is 0 Å². The molecule has 194 valence electrons. The molecule has 37 heavy (non-hydrogen) atoms. The molecule has 2 aromatic heterocycles. The van der Waals surface area contributed by atoms with Gasteiger partial charge in [0.25, 0.3) is 0 Å². The predicted octanol–water partition coefficient (Wildman–Crippen LogP) is 7.46. The van der Waals surface area contributed by atoms with Crippen molar-refractivity contribution in [2.24, 2.45) is 0 Å². The summed E-state index contributed by atoms with van der Waals surface area (Å²) < 4.78 is 14.3. The summed E-state index contributed by atoms with van der Waals surface area (Å²) in [7, 11) is 0. The van der Waals surface area contributed by atoms with E-state index < -0.39 is 5.60 Å². The Morgan fingerprint density at radius 3 is 2.65 bits per heavy atom. The number of rotatable bonds is 7. The zero-order valence-corrected chi connectivity index (χ0v) is 22.5. The van der Waals surface area contributed by atoms with E-state index in [9.17, 15) is 5.11 Å². The van der Waals surface area contributed by atoms with Crippen molar-refractivity contribution in [1.29, 1.82) is 0 Å². The molecule has 2 saturated carbocycles. The molecule has 1 N–H and O–H groups in total. The minimum atomic E-state index is -0.851. The van der Waals surface area contributed by atoms with Gasteiger partial charge in [-0.1, -0.05) is 41.0 Å². The summed E-state index contributed by atoms with van der Waals surface area (Å²) in [5, 5.41) is 22.3. The van der Waals surface area contributed by atoms with Crippen molar-refractivity contribution in [1.82, 2.24) is 14.9 Å². The second-order valence-electron chi connectivity index (χ2n) is 11.1. The van der Waals surface area contributed by atoms with E-state index in [1.165, 1.54) is 0 Å². The van der Waals surface area contributed by atoms with Crippen molar-refractivity contribution in [2.45, 2.75) is 89.6 Å². The SMILES string of the molecule is Cc1cccc(Cl)c1-c1noc(C2CC2)c1CO[C@H]1CC[C@](O)(c2ccc3cnn(C(C)C)c3c2)CC1. The van der Waals surface area contributed by atoms with Crippen molar-refractivity contribution in [3.63, 3.8) is 0 Å². The van der Waals surface area contributed by atoms with Crippen molar-refractivity contribution < 1.29 is 14.4 Å². The van der Waals surface area contributed by atoms with Gasteiger partial charge in [-0.05, 0) is 82.6 Å². The Balaban J connectivity index is 1.18. The number of fused-ring (bicyclic) bond motifs is 1. The topological polar surface area (TPSA) is 73.3 Å². The fraction of sp³-hybridized carbons (Fsp3) is 0.467. The third-order valence-electron chi connectivity index (χ3n) is 8.07. The van der Waals surface area contributed by atoms with E-state index in [0.717, 1.165) is 70.3 Å². The monoisotopic (exact) mass is 519 g/mol. The van der Waals surface area contributed by atoms with Crippen molar-refractivity contribution in [3.8, 4) is 11.3 Å². The van der Waals surface area contributed by atoms with Crippen LogP contribution in [0.4, 0.5) is 0 Å². The van der Waals surface area contributed by atoms with Crippen molar-refractivity contribution in [2.75, 3.05) is 0 Å². The Morgan fingerprint density at radius 2 is 1.95 bits per heavy atom. The van der Waals surface area contributed by atoms with E-state index in [1.54, 1.807) is 0 Å². The van der Waals surface area contributed by atoms with Gasteiger partial charge in [0.1, 0.15) is 11.5 Å². The van der Waals surface area contributed by atoms with Crippen LogP contribution < -0.4 is 0 Å². The van der Waals surface area contributed by atoms with Crippen molar-refractivity contribution >= 4 is 22.5 Å². The Kier molecular flexibility index (Phi) is 6.38. The summed E-state index contributed by atoms with van der Waals surface area (Å²) >= 11 is 6.58. The van der Waals surface area contributed by atoms with Gasteiger partial charge in [-0.3, -0.25) is 4.68 Å². The number of benzene rings is 2. The van der Waals surface area contributed by atoms with Gasteiger partial charge in [-0.15, -0.1) is 0 Å². The van der Waals surface area contributed by atoms with E-state index in [-0.39, 0.29) is 12.1 Å². The molecular formula is C30H34ClN3O3. The third kappa shape index (κ3) is 4.60. The average Bonchev–Trinajstić information content (AvgIpc) is 3.49. The molecule has 0 amide bonds. The summed E-state index contributed by atoms with van der Waals surface area (Å²) in [4.78, 5) is 0. The van der Waals surface area contributed by atoms with Crippen LogP contribution in [0.1, 0.15) is 86.8 Å². The number of aromatic nitrogens is 3. The second kappa shape index (κ2) is 9.57. The summed E-state index contributed by atoms with van der Waals surface area (Å²) in [6.45, 7) is 6.74. The summed E-state index contributed by atoms with van der Waals surface area (Å²) in [5.74, 6) is 1.37. The lowest BCUT2D eigenvalue weighted by Gasteiger charge is -2.36. The van der Waals surface area contributed by atoms with Crippen LogP contribution >= 0.6 is 11.6 Å². The highest BCUT2D eigenvalue weighted by molar-refractivity contribution is 6.33. The molecule has 2 aliphatic carbocycles. The zero-order valence-electron chi connectivity index (χ0n) is 21.7. The minimum Gasteiger partial charge on any atom is -0.385 e. The molecule has 0 aliphatic heterocycles. The number of hydrogen-bond donors (Lipinski definition) is 1. The van der Waals surface area contributed by atoms with Crippen LogP contribution in [-0.4, -0.2) is 26.1 Å². The number of aryl methyl sites for hydroxylation is 1. The molecule has 2 aromatic carbocycles. The van der Waals surface area contributed by atoms with Gasteiger partial charge in [0.05, 0.1) is 35.0 Å². The van der Waals surface area contributed by atoms with E-state index in [2.05, 4.69) is 36.2 Å². The molecule has 0 bridgehead atoms. The maximum Gasteiger partial charge on any atom is 0.145 e. The molecule has 6 rings (SSSR count). The Morgan fingerprint density at radius 1 is 1.16 bits per heavy atom. The van der Waals surface area contributed by atoms with Crippen LogP contribution in [0.25, 0.3) is 22.2 Å². The molecule has 2 aliphatic rings. The molecule has 2 fully saturated rings. The molecule has 2 heterocycles. The number of ether oxygens (including phenoxy) is 1. The molecule has 0 unspecified atom stereocenters. The summed E-state index contributed by atoms with van der Waals surface area (Å²) in [6.07, 6.45) is 7.13. The maximum atomic E-state index is 11.6. The predicted molar refractivity (Wildman–Crippen MR) is 145 cm³/mol. The first-order valence-electron chi connectivity index (χ1n) is 13.4. The zero-order chi connectivity index (χ0) is 25.7.